The average molecular weight is 562 g/mol. The van der Waals surface area contributed by atoms with Crippen molar-refractivity contribution >= 4 is 38.6 Å². The molecule has 4 aromatic rings. The molecule has 0 fully saturated rings. The lowest BCUT2D eigenvalue weighted by Gasteiger charge is -2.27. The van der Waals surface area contributed by atoms with Gasteiger partial charge in [0, 0.05) is 15.4 Å². The van der Waals surface area contributed by atoms with Crippen LogP contribution in [-0.4, -0.2) is 35.4 Å². The van der Waals surface area contributed by atoms with Gasteiger partial charge in [0.15, 0.2) is 11.5 Å². The third-order valence-corrected chi connectivity index (χ3v) is 6.76. The predicted octanol–water partition coefficient (Wildman–Crippen LogP) is 6.38. The summed E-state index contributed by atoms with van der Waals surface area (Å²) in [5.41, 5.74) is 1.84. The minimum Gasteiger partial charge on any atom is -0.503 e. The molecule has 3 aromatic carbocycles. The van der Waals surface area contributed by atoms with Gasteiger partial charge in [0.2, 0.25) is 5.78 Å². The quantitative estimate of drug-likeness (QED) is 0.251. The molecule has 5 rings (SSSR count). The number of halogens is 1. The number of ketones is 1. The maximum Gasteiger partial charge on any atom is 0.290 e. The van der Waals surface area contributed by atoms with Gasteiger partial charge in [-0.1, -0.05) is 46.3 Å². The van der Waals surface area contributed by atoms with Crippen LogP contribution < -0.4 is 9.47 Å². The van der Waals surface area contributed by atoms with Gasteiger partial charge in [-0.05, 0) is 55.0 Å². The molecule has 1 atom stereocenters. The lowest BCUT2D eigenvalue weighted by molar-refractivity contribution is -0.130. The largest absolute Gasteiger partial charge is 0.503 e. The Labute approximate surface area is 222 Å². The number of furan rings is 1. The van der Waals surface area contributed by atoms with Crippen LogP contribution in [-0.2, 0) is 11.3 Å². The highest BCUT2D eigenvalue weighted by Gasteiger charge is 2.45. The van der Waals surface area contributed by atoms with Gasteiger partial charge in [-0.25, -0.2) is 0 Å². The number of amides is 1. The van der Waals surface area contributed by atoms with Crippen LogP contribution in [0.4, 0.5) is 0 Å². The minimum absolute atomic E-state index is 0.0348. The fourth-order valence-corrected chi connectivity index (χ4v) is 4.99. The van der Waals surface area contributed by atoms with Crippen LogP contribution in [0.3, 0.4) is 0 Å². The molecular formula is C29H24BrNO6. The molecule has 37 heavy (non-hydrogen) atoms. The second kappa shape index (κ2) is 10.1. The van der Waals surface area contributed by atoms with Crippen LogP contribution in [0.25, 0.3) is 11.0 Å². The summed E-state index contributed by atoms with van der Waals surface area (Å²) < 4.78 is 17.8. The molecule has 188 valence electrons. The first-order chi connectivity index (χ1) is 17.9. The Hall–Kier alpha value is -4.04. The van der Waals surface area contributed by atoms with Gasteiger partial charge in [-0.3, -0.25) is 9.59 Å². The van der Waals surface area contributed by atoms with Gasteiger partial charge < -0.3 is 23.9 Å². The van der Waals surface area contributed by atoms with Crippen LogP contribution in [0, 0.1) is 0 Å². The number of carbonyl (C=O) groups is 2. The molecule has 1 aliphatic rings. The van der Waals surface area contributed by atoms with Crippen LogP contribution in [0.2, 0.25) is 0 Å². The van der Waals surface area contributed by atoms with E-state index in [1.807, 2.05) is 37.3 Å². The van der Waals surface area contributed by atoms with Crippen LogP contribution >= 0.6 is 15.9 Å². The number of ether oxygens (including phenoxy) is 2. The summed E-state index contributed by atoms with van der Waals surface area (Å²) in [5, 5.41) is 11.8. The molecule has 0 bridgehead atoms. The van der Waals surface area contributed by atoms with Crippen molar-refractivity contribution < 1.29 is 28.6 Å². The minimum atomic E-state index is -0.870. The van der Waals surface area contributed by atoms with Crippen molar-refractivity contribution in [1.29, 1.82) is 0 Å². The van der Waals surface area contributed by atoms with Crippen molar-refractivity contribution in [2.45, 2.75) is 19.5 Å². The SMILES string of the molecule is CCOc1cccc(C2C(C(=O)c3cc4cc(Br)ccc4o3)=C(O)C(=O)N2Cc2ccccc2OC)c1. The van der Waals surface area contributed by atoms with E-state index in [4.69, 9.17) is 13.9 Å². The van der Waals surface area contributed by atoms with E-state index in [0.717, 1.165) is 15.4 Å². The van der Waals surface area contributed by atoms with E-state index in [1.54, 1.807) is 49.6 Å². The Morgan fingerprint density at radius 2 is 1.89 bits per heavy atom. The van der Waals surface area contributed by atoms with Gasteiger partial charge in [0.25, 0.3) is 5.91 Å². The number of methoxy groups -OCH3 is 1. The molecule has 1 unspecified atom stereocenters. The fourth-order valence-electron chi connectivity index (χ4n) is 4.61. The Bertz CT molecular complexity index is 1540. The maximum absolute atomic E-state index is 13.8. The molecule has 1 N–H and O–H groups in total. The monoisotopic (exact) mass is 561 g/mol. The standard InChI is InChI=1S/C29H24BrNO6/c1-3-36-21-9-6-8-17(14-21)26-25(27(32)24-15-19-13-20(30)11-12-23(19)37-24)28(33)29(34)31(26)16-18-7-4-5-10-22(18)35-2/h4-15,26,33H,3,16H2,1-2H3. The van der Waals surface area contributed by atoms with E-state index < -0.39 is 23.5 Å². The Balaban J connectivity index is 1.61. The predicted molar refractivity (Wildman–Crippen MR) is 142 cm³/mol. The van der Waals surface area contributed by atoms with Crippen LogP contribution in [0.5, 0.6) is 11.5 Å². The number of Topliss-reactive ketones (excluding diaryl/α,β-unsaturated/α-hetero) is 1. The second-order valence-corrected chi connectivity index (χ2v) is 9.45. The maximum atomic E-state index is 13.8. The van der Waals surface area contributed by atoms with Crippen LogP contribution in [0.1, 0.15) is 34.6 Å². The summed E-state index contributed by atoms with van der Waals surface area (Å²) in [4.78, 5) is 28.7. The first kappa shape index (κ1) is 24.6. The fraction of sp³-hybridized carbons (Fsp3) is 0.172. The Morgan fingerprint density at radius 3 is 2.68 bits per heavy atom. The zero-order valence-corrected chi connectivity index (χ0v) is 21.8. The van der Waals surface area contributed by atoms with Gasteiger partial charge in [-0.15, -0.1) is 0 Å². The first-order valence-electron chi connectivity index (χ1n) is 11.7. The van der Waals surface area contributed by atoms with Gasteiger partial charge in [0.05, 0.1) is 31.9 Å². The Kier molecular flexibility index (Phi) is 6.76. The first-order valence-corrected chi connectivity index (χ1v) is 12.5. The number of carbonyl (C=O) groups excluding carboxylic acids is 2. The molecule has 1 aromatic heterocycles. The van der Waals surface area contributed by atoms with E-state index in [1.165, 1.54) is 4.90 Å². The molecule has 0 spiro atoms. The molecule has 0 aliphatic carbocycles. The second-order valence-electron chi connectivity index (χ2n) is 8.54. The van der Waals surface area contributed by atoms with Gasteiger partial charge >= 0.3 is 0 Å². The third-order valence-electron chi connectivity index (χ3n) is 6.27. The number of hydrogen-bond donors (Lipinski definition) is 1. The summed E-state index contributed by atoms with van der Waals surface area (Å²) in [6, 6.07) is 20.6. The topological polar surface area (TPSA) is 89.2 Å². The van der Waals surface area contributed by atoms with E-state index in [-0.39, 0.29) is 17.9 Å². The summed E-state index contributed by atoms with van der Waals surface area (Å²) in [6.45, 7) is 2.44. The highest BCUT2D eigenvalue weighted by molar-refractivity contribution is 9.10. The highest BCUT2D eigenvalue weighted by atomic mass is 79.9. The molecule has 0 saturated carbocycles. The van der Waals surface area contributed by atoms with E-state index in [2.05, 4.69) is 15.9 Å². The number of rotatable bonds is 8. The molecule has 1 aliphatic heterocycles. The van der Waals surface area contributed by atoms with E-state index >= 15 is 0 Å². The molecule has 8 heteroatoms. The van der Waals surface area contributed by atoms with Crippen molar-refractivity contribution in [2.24, 2.45) is 0 Å². The summed E-state index contributed by atoms with van der Waals surface area (Å²) in [5.74, 6) is -0.593. The lowest BCUT2D eigenvalue weighted by Crippen LogP contribution is -2.31. The molecule has 1 amide bonds. The van der Waals surface area contributed by atoms with Crippen molar-refractivity contribution in [3.05, 3.63) is 105 Å². The number of para-hydroxylation sites is 1. The Morgan fingerprint density at radius 1 is 1.08 bits per heavy atom. The number of aliphatic hydroxyl groups is 1. The normalized spacial score (nSPS) is 15.5. The zero-order valence-electron chi connectivity index (χ0n) is 20.2. The third kappa shape index (κ3) is 4.60. The number of benzene rings is 3. The van der Waals surface area contributed by atoms with E-state index in [9.17, 15) is 14.7 Å². The van der Waals surface area contributed by atoms with Crippen molar-refractivity contribution in [1.82, 2.24) is 4.90 Å². The number of nitrogens with zero attached hydrogens (tertiary/aromatic N) is 1. The van der Waals surface area contributed by atoms with Crippen molar-refractivity contribution in [3.63, 3.8) is 0 Å². The molecule has 2 heterocycles. The number of aliphatic hydroxyl groups excluding tert-OH is 1. The van der Waals surface area contributed by atoms with Crippen molar-refractivity contribution in [2.75, 3.05) is 13.7 Å². The number of hydrogen-bond acceptors (Lipinski definition) is 6. The molecule has 0 saturated heterocycles. The molecule has 7 nitrogen and oxygen atoms in total. The summed E-state index contributed by atoms with van der Waals surface area (Å²) in [7, 11) is 1.55. The summed E-state index contributed by atoms with van der Waals surface area (Å²) in [6.07, 6.45) is 0. The van der Waals surface area contributed by atoms with Crippen molar-refractivity contribution in [3.8, 4) is 11.5 Å². The molecular weight excluding hydrogens is 538 g/mol. The van der Waals surface area contributed by atoms with Gasteiger partial charge in [-0.2, -0.15) is 0 Å². The van der Waals surface area contributed by atoms with Crippen LogP contribution in [0.15, 0.2) is 93.0 Å². The highest BCUT2D eigenvalue weighted by Crippen LogP contribution is 2.42. The lowest BCUT2D eigenvalue weighted by atomic mass is 9.94. The molecule has 0 radical (unpaired) electrons. The smallest absolute Gasteiger partial charge is 0.290 e. The number of fused-ring (bicyclic) bond motifs is 1. The zero-order chi connectivity index (χ0) is 26.1. The summed E-state index contributed by atoms with van der Waals surface area (Å²) >= 11 is 3.42. The van der Waals surface area contributed by atoms with E-state index in [0.29, 0.717) is 29.3 Å². The average Bonchev–Trinajstić information content (AvgIpc) is 3.43. The van der Waals surface area contributed by atoms with Gasteiger partial charge in [0.1, 0.15) is 17.1 Å².